The van der Waals surface area contributed by atoms with E-state index >= 15 is 0 Å². The van der Waals surface area contributed by atoms with Crippen molar-refractivity contribution in [2.24, 2.45) is 11.8 Å². The van der Waals surface area contributed by atoms with Crippen LogP contribution in [0.15, 0.2) is 24.3 Å². The summed E-state index contributed by atoms with van der Waals surface area (Å²) in [7, 11) is 0. The summed E-state index contributed by atoms with van der Waals surface area (Å²) >= 11 is 0. The smallest absolute Gasteiger partial charge is 0.306 e. The lowest BCUT2D eigenvalue weighted by Crippen LogP contribution is -2.38. The van der Waals surface area contributed by atoms with Crippen LogP contribution in [-0.4, -0.2) is 30.1 Å². The third-order valence-electron chi connectivity index (χ3n) is 4.50. The highest BCUT2D eigenvalue weighted by molar-refractivity contribution is 5.77. The number of para-hydroxylation sites is 1. The molecule has 0 aromatic heterocycles. The van der Waals surface area contributed by atoms with E-state index < -0.39 is 5.97 Å². The topological polar surface area (TPSA) is 75.6 Å². The van der Waals surface area contributed by atoms with Gasteiger partial charge in [-0.25, -0.2) is 0 Å². The number of carboxylic acids is 1. The lowest BCUT2D eigenvalue weighted by molar-refractivity contribution is -0.145. The van der Waals surface area contributed by atoms with Gasteiger partial charge in [-0.2, -0.15) is 0 Å². The van der Waals surface area contributed by atoms with Crippen molar-refractivity contribution in [1.29, 1.82) is 0 Å². The van der Waals surface area contributed by atoms with Crippen molar-refractivity contribution < 1.29 is 19.4 Å². The fourth-order valence-electron chi connectivity index (χ4n) is 3.15. The summed E-state index contributed by atoms with van der Waals surface area (Å²) in [6.07, 6.45) is 4.40. The minimum atomic E-state index is -0.753. The highest BCUT2D eigenvalue weighted by atomic mass is 16.5. The molecule has 2 atom stereocenters. The molecule has 1 saturated carbocycles. The van der Waals surface area contributed by atoms with Gasteiger partial charge in [0.05, 0.1) is 5.92 Å². The van der Waals surface area contributed by atoms with Gasteiger partial charge in [0, 0.05) is 6.54 Å². The van der Waals surface area contributed by atoms with Gasteiger partial charge in [-0.3, -0.25) is 9.59 Å². The minimum absolute atomic E-state index is 0.0214. The first kappa shape index (κ1) is 17.3. The van der Waals surface area contributed by atoms with E-state index in [9.17, 15) is 14.7 Å². The molecule has 0 heterocycles. The summed E-state index contributed by atoms with van der Waals surface area (Å²) in [6.45, 7) is 2.41. The zero-order valence-corrected chi connectivity index (χ0v) is 13.6. The number of carbonyl (C=O) groups excluding carboxylic acids is 1. The standard InChI is InChI=1S/C18H25NO4/c1-2-13-7-4-6-10-16(13)23-12-17(20)19-11-14-8-3-5-9-15(14)18(21)22/h4,6-7,10,14-15H,2-3,5,8-9,11-12H2,1H3,(H,19,20)(H,21,22)/t14-,15-/m0/s1. The first-order valence-electron chi connectivity index (χ1n) is 8.32. The molecule has 5 heteroatoms. The summed E-state index contributed by atoms with van der Waals surface area (Å²) in [5, 5.41) is 12.1. The molecule has 1 fully saturated rings. The monoisotopic (exact) mass is 319 g/mol. The maximum atomic E-state index is 12.0. The van der Waals surface area contributed by atoms with Gasteiger partial charge in [0.25, 0.3) is 5.91 Å². The lowest BCUT2D eigenvalue weighted by atomic mass is 9.79. The molecule has 2 rings (SSSR count). The number of carbonyl (C=O) groups is 2. The Bertz CT molecular complexity index is 544. The van der Waals surface area contributed by atoms with E-state index in [0.717, 1.165) is 37.0 Å². The molecule has 0 bridgehead atoms. The number of carboxylic acid groups (broad SMARTS) is 1. The van der Waals surface area contributed by atoms with Crippen LogP contribution in [0, 0.1) is 11.8 Å². The van der Waals surface area contributed by atoms with E-state index in [1.54, 1.807) is 0 Å². The van der Waals surface area contributed by atoms with Gasteiger partial charge in [0.15, 0.2) is 6.61 Å². The number of amides is 1. The van der Waals surface area contributed by atoms with Crippen LogP contribution >= 0.6 is 0 Å². The van der Waals surface area contributed by atoms with Gasteiger partial charge < -0.3 is 15.2 Å². The molecule has 2 N–H and O–H groups in total. The van der Waals surface area contributed by atoms with Crippen molar-refractivity contribution in [2.75, 3.05) is 13.2 Å². The van der Waals surface area contributed by atoms with Gasteiger partial charge in [-0.15, -0.1) is 0 Å². The number of hydrogen-bond donors (Lipinski definition) is 2. The first-order chi connectivity index (χ1) is 11.1. The van der Waals surface area contributed by atoms with Gasteiger partial charge in [-0.05, 0) is 36.8 Å². The molecule has 0 aliphatic heterocycles. The number of ether oxygens (including phenoxy) is 1. The van der Waals surface area contributed by atoms with Gasteiger partial charge in [-0.1, -0.05) is 38.0 Å². The molecule has 0 spiro atoms. The van der Waals surface area contributed by atoms with Crippen molar-refractivity contribution in [3.05, 3.63) is 29.8 Å². The van der Waals surface area contributed by atoms with Crippen molar-refractivity contribution in [3.63, 3.8) is 0 Å². The van der Waals surface area contributed by atoms with E-state index in [1.807, 2.05) is 31.2 Å². The van der Waals surface area contributed by atoms with Crippen molar-refractivity contribution in [1.82, 2.24) is 5.32 Å². The van der Waals surface area contributed by atoms with E-state index in [2.05, 4.69) is 5.32 Å². The number of rotatable bonds is 7. The lowest BCUT2D eigenvalue weighted by Gasteiger charge is -2.28. The van der Waals surface area contributed by atoms with Crippen LogP contribution in [0.5, 0.6) is 5.75 Å². The summed E-state index contributed by atoms with van der Waals surface area (Å²) in [4.78, 5) is 23.2. The van der Waals surface area contributed by atoms with E-state index in [4.69, 9.17) is 4.74 Å². The van der Waals surface area contributed by atoms with Crippen molar-refractivity contribution in [2.45, 2.75) is 39.0 Å². The zero-order valence-electron chi connectivity index (χ0n) is 13.6. The maximum Gasteiger partial charge on any atom is 0.306 e. The second-order valence-electron chi connectivity index (χ2n) is 6.04. The molecular weight excluding hydrogens is 294 g/mol. The minimum Gasteiger partial charge on any atom is -0.483 e. The SMILES string of the molecule is CCc1ccccc1OCC(=O)NC[C@@H]1CCCC[C@@H]1C(=O)O. The quantitative estimate of drug-likeness (QED) is 0.810. The summed E-state index contributed by atoms with van der Waals surface area (Å²) < 4.78 is 5.58. The maximum absolute atomic E-state index is 12.0. The summed E-state index contributed by atoms with van der Waals surface area (Å²) in [5.74, 6) is -0.548. The average Bonchev–Trinajstić information content (AvgIpc) is 2.58. The Kier molecular flexibility index (Phi) is 6.44. The molecule has 1 aromatic carbocycles. The molecule has 1 aromatic rings. The molecular formula is C18H25NO4. The average molecular weight is 319 g/mol. The Morgan fingerprint density at radius 1 is 1.26 bits per heavy atom. The largest absolute Gasteiger partial charge is 0.483 e. The van der Waals surface area contributed by atoms with Crippen LogP contribution in [0.2, 0.25) is 0 Å². The first-order valence-corrected chi connectivity index (χ1v) is 8.32. The molecule has 1 aliphatic rings. The Balaban J connectivity index is 1.79. The Labute approximate surface area is 137 Å². The third-order valence-corrected chi connectivity index (χ3v) is 4.50. The highest BCUT2D eigenvalue weighted by Crippen LogP contribution is 2.29. The van der Waals surface area contributed by atoms with Crippen molar-refractivity contribution >= 4 is 11.9 Å². The van der Waals surface area contributed by atoms with E-state index in [1.165, 1.54) is 0 Å². The molecule has 5 nitrogen and oxygen atoms in total. The molecule has 0 radical (unpaired) electrons. The summed E-state index contributed by atoms with van der Waals surface area (Å²) in [5.41, 5.74) is 1.07. The number of aliphatic carboxylic acids is 1. The molecule has 1 aliphatic carbocycles. The molecule has 0 unspecified atom stereocenters. The summed E-state index contributed by atoms with van der Waals surface area (Å²) in [6, 6.07) is 7.66. The number of aryl methyl sites for hydroxylation is 1. The Morgan fingerprint density at radius 2 is 2.00 bits per heavy atom. The highest BCUT2D eigenvalue weighted by Gasteiger charge is 2.30. The van der Waals surface area contributed by atoms with Crippen LogP contribution in [0.1, 0.15) is 38.2 Å². The van der Waals surface area contributed by atoms with Crippen LogP contribution < -0.4 is 10.1 Å². The van der Waals surface area contributed by atoms with E-state index in [0.29, 0.717) is 13.0 Å². The molecule has 23 heavy (non-hydrogen) atoms. The number of benzene rings is 1. The normalized spacial score (nSPS) is 20.7. The fraction of sp³-hybridized carbons (Fsp3) is 0.556. The van der Waals surface area contributed by atoms with Crippen LogP contribution in [-0.2, 0) is 16.0 Å². The molecule has 0 saturated heterocycles. The number of hydrogen-bond acceptors (Lipinski definition) is 3. The Hall–Kier alpha value is -2.04. The fourth-order valence-corrected chi connectivity index (χ4v) is 3.15. The molecule has 126 valence electrons. The van der Waals surface area contributed by atoms with Crippen LogP contribution in [0.25, 0.3) is 0 Å². The molecule has 1 amide bonds. The van der Waals surface area contributed by atoms with Crippen LogP contribution in [0.4, 0.5) is 0 Å². The Morgan fingerprint density at radius 3 is 2.74 bits per heavy atom. The van der Waals surface area contributed by atoms with Crippen molar-refractivity contribution in [3.8, 4) is 5.75 Å². The third kappa shape index (κ3) is 4.98. The predicted octanol–water partition coefficient (Wildman–Crippen LogP) is 2.63. The van der Waals surface area contributed by atoms with Crippen LogP contribution in [0.3, 0.4) is 0 Å². The van der Waals surface area contributed by atoms with Gasteiger partial charge >= 0.3 is 5.97 Å². The van der Waals surface area contributed by atoms with E-state index in [-0.39, 0.29) is 24.3 Å². The van der Waals surface area contributed by atoms with Gasteiger partial charge in [0.2, 0.25) is 0 Å². The second kappa shape index (κ2) is 8.56. The van der Waals surface area contributed by atoms with Gasteiger partial charge in [0.1, 0.15) is 5.75 Å². The second-order valence-corrected chi connectivity index (χ2v) is 6.04. The number of nitrogens with one attached hydrogen (secondary N) is 1. The predicted molar refractivity (Wildman–Crippen MR) is 87.4 cm³/mol. The zero-order chi connectivity index (χ0) is 16.7.